The smallest absolute Gasteiger partial charge is 0.120 e. The van der Waals surface area contributed by atoms with Gasteiger partial charge in [0.1, 0.15) is 5.75 Å². The van der Waals surface area contributed by atoms with E-state index >= 15 is 0 Å². The van der Waals surface area contributed by atoms with Crippen LogP contribution < -0.4 is 0 Å². The van der Waals surface area contributed by atoms with E-state index in [4.69, 9.17) is 23.2 Å². The topological polar surface area (TPSA) is 20.2 Å². The number of aromatic hydroxyl groups is 1. The highest BCUT2D eigenvalue weighted by atomic mass is 35.5. The van der Waals surface area contributed by atoms with Crippen molar-refractivity contribution in [1.29, 1.82) is 0 Å². The molecule has 0 unspecified atom stereocenters. The molecule has 0 aliphatic rings. The van der Waals surface area contributed by atoms with Crippen molar-refractivity contribution in [3.63, 3.8) is 0 Å². The van der Waals surface area contributed by atoms with Gasteiger partial charge in [0.05, 0.1) is 5.88 Å². The van der Waals surface area contributed by atoms with E-state index in [1.165, 1.54) is 0 Å². The van der Waals surface area contributed by atoms with Gasteiger partial charge >= 0.3 is 0 Å². The van der Waals surface area contributed by atoms with Crippen LogP contribution in [0.25, 0.3) is 0 Å². The monoisotopic (exact) mass is 218 g/mol. The molecule has 0 bridgehead atoms. The summed E-state index contributed by atoms with van der Waals surface area (Å²) < 4.78 is 0. The first-order valence-electron chi connectivity index (χ1n) is 4.20. The lowest BCUT2D eigenvalue weighted by molar-refractivity contribution is 0.469. The number of hydrogen-bond acceptors (Lipinski definition) is 1. The van der Waals surface area contributed by atoms with E-state index in [1.54, 1.807) is 6.07 Å². The zero-order chi connectivity index (χ0) is 9.68. The van der Waals surface area contributed by atoms with E-state index in [1.807, 2.05) is 12.1 Å². The highest BCUT2D eigenvalue weighted by Gasteiger charge is 2.00. The van der Waals surface area contributed by atoms with Crippen LogP contribution in [0, 0.1) is 0 Å². The lowest BCUT2D eigenvalue weighted by Gasteiger charge is -2.03. The number of rotatable bonds is 4. The Morgan fingerprint density at radius 1 is 1.23 bits per heavy atom. The highest BCUT2D eigenvalue weighted by Crippen LogP contribution is 2.21. The number of alkyl halides is 2. The molecule has 1 aromatic rings. The minimum absolute atomic E-state index is 0.280. The Labute approximate surface area is 88.3 Å². The molecule has 0 saturated heterocycles. The Balaban J connectivity index is 2.71. The van der Waals surface area contributed by atoms with E-state index in [0.29, 0.717) is 11.8 Å². The van der Waals surface area contributed by atoms with Crippen LogP contribution in [-0.2, 0) is 12.3 Å². The fourth-order valence-electron chi connectivity index (χ4n) is 1.15. The van der Waals surface area contributed by atoms with Gasteiger partial charge in [-0.05, 0) is 24.5 Å². The number of halogens is 2. The molecule has 0 amide bonds. The summed E-state index contributed by atoms with van der Waals surface area (Å²) in [6.07, 6.45) is 1.83. The zero-order valence-corrected chi connectivity index (χ0v) is 8.78. The number of aryl methyl sites for hydroxylation is 1. The first kappa shape index (κ1) is 10.7. The van der Waals surface area contributed by atoms with Crippen LogP contribution in [0.4, 0.5) is 0 Å². The lowest BCUT2D eigenvalue weighted by atomic mass is 10.1. The first-order valence-corrected chi connectivity index (χ1v) is 5.27. The summed E-state index contributed by atoms with van der Waals surface area (Å²) in [7, 11) is 0. The maximum Gasteiger partial charge on any atom is 0.120 e. The molecule has 0 atom stereocenters. The molecule has 1 aromatic carbocycles. The first-order chi connectivity index (χ1) is 6.27. The second-order valence-electron chi connectivity index (χ2n) is 2.89. The van der Waals surface area contributed by atoms with Gasteiger partial charge < -0.3 is 5.11 Å². The third-order valence-corrected chi connectivity index (χ3v) is 2.45. The third kappa shape index (κ3) is 3.09. The normalized spacial score (nSPS) is 10.3. The summed E-state index contributed by atoms with van der Waals surface area (Å²) in [5.41, 5.74) is 1.88. The van der Waals surface area contributed by atoms with E-state index in [0.717, 1.165) is 24.0 Å². The predicted octanol–water partition coefficient (Wildman–Crippen LogP) is 3.30. The second-order valence-corrected chi connectivity index (χ2v) is 3.53. The lowest BCUT2D eigenvalue weighted by Crippen LogP contribution is -1.88. The van der Waals surface area contributed by atoms with Crippen LogP contribution in [0.3, 0.4) is 0 Å². The number of phenolic OH excluding ortho intramolecular Hbond substituents is 1. The molecular weight excluding hydrogens is 207 g/mol. The Bertz CT molecular complexity index is 274. The molecule has 1 N–H and O–H groups in total. The predicted molar refractivity (Wildman–Crippen MR) is 56.7 cm³/mol. The van der Waals surface area contributed by atoms with Gasteiger partial charge in [-0.2, -0.15) is 0 Å². The third-order valence-electron chi connectivity index (χ3n) is 1.89. The number of hydrogen-bond donors (Lipinski definition) is 1. The van der Waals surface area contributed by atoms with E-state index < -0.39 is 0 Å². The zero-order valence-electron chi connectivity index (χ0n) is 7.26. The molecule has 0 spiro atoms. The maximum absolute atomic E-state index is 9.47. The molecule has 1 nitrogen and oxygen atoms in total. The van der Waals surface area contributed by atoms with Crippen LogP contribution in [0.5, 0.6) is 5.75 Å². The van der Waals surface area contributed by atoms with Crippen molar-refractivity contribution in [1.82, 2.24) is 0 Å². The van der Waals surface area contributed by atoms with Crippen molar-refractivity contribution in [3.05, 3.63) is 29.3 Å². The fourth-order valence-corrected chi connectivity index (χ4v) is 1.51. The van der Waals surface area contributed by atoms with E-state index in [-0.39, 0.29) is 5.75 Å². The molecule has 0 radical (unpaired) electrons. The van der Waals surface area contributed by atoms with E-state index in [2.05, 4.69) is 0 Å². The summed E-state index contributed by atoms with van der Waals surface area (Å²) in [5.74, 6) is 1.28. The Kier molecular flexibility index (Phi) is 4.40. The minimum Gasteiger partial charge on any atom is -0.508 e. The molecule has 13 heavy (non-hydrogen) atoms. The quantitative estimate of drug-likeness (QED) is 0.770. The van der Waals surface area contributed by atoms with Crippen LogP contribution >= 0.6 is 23.2 Å². The molecule has 1 rings (SSSR count). The van der Waals surface area contributed by atoms with Crippen LogP contribution in [0.15, 0.2) is 18.2 Å². The Morgan fingerprint density at radius 2 is 2.00 bits per heavy atom. The van der Waals surface area contributed by atoms with Crippen LogP contribution in [0.1, 0.15) is 17.5 Å². The molecule has 0 heterocycles. The van der Waals surface area contributed by atoms with Gasteiger partial charge in [-0.15, -0.1) is 23.2 Å². The van der Waals surface area contributed by atoms with Gasteiger partial charge in [-0.1, -0.05) is 12.1 Å². The Morgan fingerprint density at radius 3 is 2.54 bits per heavy atom. The summed E-state index contributed by atoms with van der Waals surface area (Å²) in [6, 6.07) is 5.58. The van der Waals surface area contributed by atoms with Gasteiger partial charge in [0.25, 0.3) is 0 Å². The molecule has 0 aromatic heterocycles. The number of benzene rings is 1. The van der Waals surface area contributed by atoms with Crippen molar-refractivity contribution >= 4 is 23.2 Å². The molecule has 0 fully saturated rings. The SMILES string of the molecule is Oc1cc(CCCCl)ccc1CCl. The van der Waals surface area contributed by atoms with E-state index in [9.17, 15) is 5.11 Å². The standard InChI is InChI=1S/C10H12Cl2O/c11-5-1-2-8-3-4-9(7-12)10(13)6-8/h3-4,6,13H,1-2,5,7H2. The Hall–Kier alpha value is -0.400. The molecule has 3 heteroatoms. The highest BCUT2D eigenvalue weighted by molar-refractivity contribution is 6.17. The van der Waals surface area contributed by atoms with Gasteiger partial charge in [-0.3, -0.25) is 0 Å². The van der Waals surface area contributed by atoms with Crippen molar-refractivity contribution in [3.8, 4) is 5.75 Å². The second kappa shape index (κ2) is 5.36. The largest absolute Gasteiger partial charge is 0.508 e. The summed E-state index contributed by atoms with van der Waals surface area (Å²) >= 11 is 11.2. The molecule has 0 saturated carbocycles. The average Bonchev–Trinajstić information content (AvgIpc) is 2.15. The van der Waals surface area contributed by atoms with Crippen molar-refractivity contribution in [2.45, 2.75) is 18.7 Å². The van der Waals surface area contributed by atoms with Crippen LogP contribution in [0.2, 0.25) is 0 Å². The van der Waals surface area contributed by atoms with Crippen molar-refractivity contribution in [2.24, 2.45) is 0 Å². The maximum atomic E-state index is 9.47. The number of phenols is 1. The molecule has 0 aliphatic carbocycles. The summed E-state index contributed by atoms with van der Waals surface area (Å²) in [5, 5.41) is 9.47. The molecular formula is C10H12Cl2O. The molecule has 0 aliphatic heterocycles. The van der Waals surface area contributed by atoms with Gasteiger partial charge in [0.2, 0.25) is 0 Å². The van der Waals surface area contributed by atoms with Crippen molar-refractivity contribution in [2.75, 3.05) is 5.88 Å². The fraction of sp³-hybridized carbons (Fsp3) is 0.400. The molecule has 72 valence electrons. The minimum atomic E-state index is 0.280. The summed E-state index contributed by atoms with van der Waals surface area (Å²) in [4.78, 5) is 0. The van der Waals surface area contributed by atoms with Crippen LogP contribution in [-0.4, -0.2) is 11.0 Å². The van der Waals surface area contributed by atoms with Crippen molar-refractivity contribution < 1.29 is 5.11 Å². The summed E-state index contributed by atoms with van der Waals surface area (Å²) in [6.45, 7) is 0. The van der Waals surface area contributed by atoms with Gasteiger partial charge in [0, 0.05) is 11.4 Å². The average molecular weight is 219 g/mol. The van der Waals surface area contributed by atoms with Gasteiger partial charge in [-0.25, -0.2) is 0 Å². The van der Waals surface area contributed by atoms with Gasteiger partial charge in [0.15, 0.2) is 0 Å².